The van der Waals surface area contributed by atoms with E-state index in [1.165, 1.54) is 19.3 Å². The van der Waals surface area contributed by atoms with E-state index >= 15 is 0 Å². The number of rotatable bonds is 5. The first-order chi connectivity index (χ1) is 12.6. The van der Waals surface area contributed by atoms with Crippen LogP contribution in [0, 0.1) is 5.92 Å². The van der Waals surface area contributed by atoms with Gasteiger partial charge in [-0.2, -0.15) is 0 Å². The minimum Gasteiger partial charge on any atom is -0.497 e. The molecular weight excluding hydrogens is 332 g/mol. The predicted molar refractivity (Wildman–Crippen MR) is 97.6 cm³/mol. The molecule has 2 N–H and O–H groups in total. The Bertz CT molecular complexity index is 708. The van der Waals surface area contributed by atoms with Gasteiger partial charge in [0.1, 0.15) is 5.75 Å². The maximum absolute atomic E-state index is 12.8. The Morgan fingerprint density at radius 3 is 2.73 bits per heavy atom. The lowest BCUT2D eigenvalue weighted by atomic mass is 9.90. The summed E-state index contributed by atoms with van der Waals surface area (Å²) in [4.78, 5) is 24.7. The van der Waals surface area contributed by atoms with Crippen molar-refractivity contribution < 1.29 is 19.1 Å². The third kappa shape index (κ3) is 4.18. The van der Waals surface area contributed by atoms with Gasteiger partial charge in [-0.15, -0.1) is 0 Å². The number of allylic oxidation sites excluding steroid dienone is 1. The van der Waals surface area contributed by atoms with Crippen molar-refractivity contribution in [3.05, 3.63) is 41.1 Å². The summed E-state index contributed by atoms with van der Waals surface area (Å²) in [6.45, 7) is 2.16. The van der Waals surface area contributed by atoms with Gasteiger partial charge >= 0.3 is 12.0 Å². The van der Waals surface area contributed by atoms with Crippen LogP contribution in [0.15, 0.2) is 35.5 Å². The lowest BCUT2D eigenvalue weighted by Crippen LogP contribution is -2.45. The molecule has 1 atom stereocenters. The summed E-state index contributed by atoms with van der Waals surface area (Å²) in [6, 6.07) is 6.45. The molecule has 1 aromatic carbocycles. The molecule has 1 saturated carbocycles. The zero-order valence-electron chi connectivity index (χ0n) is 15.3. The van der Waals surface area contributed by atoms with Gasteiger partial charge in [0.2, 0.25) is 0 Å². The summed E-state index contributed by atoms with van der Waals surface area (Å²) in [5.74, 6) is 0.728. The summed E-state index contributed by atoms with van der Waals surface area (Å²) in [7, 11) is 1.58. The molecule has 3 rings (SSSR count). The summed E-state index contributed by atoms with van der Waals surface area (Å²) < 4.78 is 10.9. The van der Waals surface area contributed by atoms with Crippen molar-refractivity contribution in [1.29, 1.82) is 0 Å². The zero-order chi connectivity index (χ0) is 18.5. The summed E-state index contributed by atoms with van der Waals surface area (Å²) in [6.07, 6.45) is 5.89. The van der Waals surface area contributed by atoms with E-state index < -0.39 is 6.04 Å². The lowest BCUT2D eigenvalue weighted by molar-refractivity contribution is -0.141. The number of nitrogens with one attached hydrogen (secondary N) is 2. The Hall–Kier alpha value is -2.50. The fourth-order valence-electron chi connectivity index (χ4n) is 3.66. The summed E-state index contributed by atoms with van der Waals surface area (Å²) in [5, 5.41) is 5.49. The number of hydrogen-bond donors (Lipinski definition) is 2. The molecule has 2 aliphatic rings. The number of carbonyl (C=O) groups excluding carboxylic acids is 2. The van der Waals surface area contributed by atoms with Gasteiger partial charge in [0.15, 0.2) is 0 Å². The number of carbonyl (C=O) groups is 2. The van der Waals surface area contributed by atoms with E-state index in [9.17, 15) is 9.59 Å². The second kappa shape index (κ2) is 8.25. The zero-order valence-corrected chi connectivity index (χ0v) is 15.3. The molecule has 1 fully saturated rings. The Labute approximate surface area is 153 Å². The number of hydrogen-bond acceptors (Lipinski definition) is 4. The van der Waals surface area contributed by atoms with E-state index in [4.69, 9.17) is 9.47 Å². The maximum Gasteiger partial charge on any atom is 0.338 e. The highest BCUT2D eigenvalue weighted by atomic mass is 16.5. The second-order valence-electron chi connectivity index (χ2n) is 6.95. The summed E-state index contributed by atoms with van der Waals surface area (Å²) in [5.41, 5.74) is 1.74. The van der Waals surface area contributed by atoms with Crippen molar-refractivity contribution in [1.82, 2.24) is 10.6 Å². The van der Waals surface area contributed by atoms with Crippen molar-refractivity contribution in [2.75, 3.05) is 13.7 Å². The molecule has 140 valence electrons. The number of benzene rings is 1. The maximum atomic E-state index is 12.8. The van der Waals surface area contributed by atoms with Crippen LogP contribution in [0.1, 0.15) is 50.6 Å². The van der Waals surface area contributed by atoms with Crippen LogP contribution in [-0.4, -0.2) is 25.7 Å². The van der Waals surface area contributed by atoms with Crippen LogP contribution in [0.4, 0.5) is 4.79 Å². The first kappa shape index (κ1) is 18.3. The molecule has 26 heavy (non-hydrogen) atoms. The van der Waals surface area contributed by atoms with Gasteiger partial charge in [-0.1, -0.05) is 31.4 Å². The average molecular weight is 358 g/mol. The van der Waals surface area contributed by atoms with E-state index in [1.54, 1.807) is 14.0 Å². The average Bonchev–Trinajstić information content (AvgIpc) is 2.66. The Balaban J connectivity index is 1.79. The van der Waals surface area contributed by atoms with Crippen LogP contribution in [0.3, 0.4) is 0 Å². The van der Waals surface area contributed by atoms with Crippen molar-refractivity contribution in [2.24, 2.45) is 5.92 Å². The molecule has 0 spiro atoms. The largest absolute Gasteiger partial charge is 0.497 e. The monoisotopic (exact) mass is 358 g/mol. The van der Waals surface area contributed by atoms with Gasteiger partial charge in [-0.25, -0.2) is 9.59 Å². The smallest absolute Gasteiger partial charge is 0.338 e. The van der Waals surface area contributed by atoms with E-state index in [2.05, 4.69) is 10.6 Å². The third-order valence-electron chi connectivity index (χ3n) is 5.09. The fourth-order valence-corrected chi connectivity index (χ4v) is 3.66. The van der Waals surface area contributed by atoms with Crippen LogP contribution in [0.5, 0.6) is 5.75 Å². The lowest BCUT2D eigenvalue weighted by Gasteiger charge is -2.29. The molecular formula is C20H26N2O4. The molecule has 0 unspecified atom stereocenters. The molecule has 0 radical (unpaired) electrons. The number of ether oxygens (including phenoxy) is 2. The van der Waals surface area contributed by atoms with Crippen molar-refractivity contribution >= 4 is 12.0 Å². The fraction of sp³-hybridized carbons (Fsp3) is 0.500. The standard InChI is InChI=1S/C20H26N2O4/c1-13-17(19(23)26-12-14-7-4-3-5-8-14)18(22-20(24)21-13)15-9-6-10-16(11-15)25-2/h6,9-11,14,18H,3-5,7-8,12H2,1-2H3,(H2,21,22,24)/t18-/m0/s1. The Morgan fingerprint density at radius 2 is 2.00 bits per heavy atom. The molecule has 1 heterocycles. The normalized spacial score (nSPS) is 21.0. The van der Waals surface area contributed by atoms with E-state index in [0.717, 1.165) is 18.4 Å². The van der Waals surface area contributed by atoms with Gasteiger partial charge in [-0.3, -0.25) is 0 Å². The van der Waals surface area contributed by atoms with Gasteiger partial charge in [0.25, 0.3) is 0 Å². The third-order valence-corrected chi connectivity index (χ3v) is 5.09. The first-order valence-electron chi connectivity index (χ1n) is 9.18. The van der Waals surface area contributed by atoms with Gasteiger partial charge in [-0.05, 0) is 43.4 Å². The number of methoxy groups -OCH3 is 1. The SMILES string of the molecule is COc1cccc([C@@H]2NC(=O)NC(C)=C2C(=O)OCC2CCCCC2)c1. The molecule has 1 aliphatic heterocycles. The molecule has 6 nitrogen and oxygen atoms in total. The molecule has 6 heteroatoms. The highest BCUT2D eigenvalue weighted by Gasteiger charge is 2.32. The minimum absolute atomic E-state index is 0.334. The van der Waals surface area contributed by atoms with Crippen molar-refractivity contribution in [3.63, 3.8) is 0 Å². The van der Waals surface area contributed by atoms with Gasteiger partial charge in [0, 0.05) is 5.70 Å². The van der Waals surface area contributed by atoms with Crippen LogP contribution < -0.4 is 15.4 Å². The highest BCUT2D eigenvalue weighted by Crippen LogP contribution is 2.30. The molecule has 1 aliphatic carbocycles. The van der Waals surface area contributed by atoms with E-state index in [-0.39, 0.29) is 12.0 Å². The number of esters is 1. The molecule has 2 amide bonds. The van der Waals surface area contributed by atoms with Gasteiger partial charge < -0.3 is 20.1 Å². The Kier molecular flexibility index (Phi) is 5.81. The number of urea groups is 1. The van der Waals surface area contributed by atoms with E-state index in [1.807, 2.05) is 24.3 Å². The summed E-state index contributed by atoms with van der Waals surface area (Å²) >= 11 is 0. The quantitative estimate of drug-likeness (QED) is 0.791. The molecule has 0 aromatic heterocycles. The molecule has 1 aromatic rings. The molecule has 0 bridgehead atoms. The van der Waals surface area contributed by atoms with Gasteiger partial charge in [0.05, 0.1) is 25.3 Å². The van der Waals surface area contributed by atoms with Crippen LogP contribution in [0.25, 0.3) is 0 Å². The van der Waals surface area contributed by atoms with Crippen LogP contribution in [0.2, 0.25) is 0 Å². The van der Waals surface area contributed by atoms with Crippen LogP contribution in [-0.2, 0) is 9.53 Å². The first-order valence-corrected chi connectivity index (χ1v) is 9.18. The molecule has 0 saturated heterocycles. The Morgan fingerprint density at radius 1 is 1.23 bits per heavy atom. The minimum atomic E-state index is -0.558. The predicted octanol–water partition coefficient (Wildman–Crippen LogP) is 3.45. The topological polar surface area (TPSA) is 76.7 Å². The second-order valence-corrected chi connectivity index (χ2v) is 6.95. The van der Waals surface area contributed by atoms with E-state index in [0.29, 0.717) is 29.5 Å². The highest BCUT2D eigenvalue weighted by molar-refractivity contribution is 5.95. The van der Waals surface area contributed by atoms with Crippen LogP contribution >= 0.6 is 0 Å². The number of amides is 2. The van der Waals surface area contributed by atoms with Crippen molar-refractivity contribution in [2.45, 2.75) is 45.1 Å². The van der Waals surface area contributed by atoms with Crippen molar-refractivity contribution in [3.8, 4) is 5.75 Å².